The number of hydrogen-bond acceptors (Lipinski definition) is 3. The highest BCUT2D eigenvalue weighted by atomic mass is 16.6. The molecule has 0 amide bonds. The first kappa shape index (κ1) is 11.3. The van der Waals surface area contributed by atoms with Crippen molar-refractivity contribution in [3.8, 4) is 0 Å². The summed E-state index contributed by atoms with van der Waals surface area (Å²) in [4.78, 5) is 25.2. The van der Waals surface area contributed by atoms with E-state index in [0.29, 0.717) is 0 Å². The van der Waals surface area contributed by atoms with E-state index in [2.05, 4.69) is 4.85 Å². The Morgan fingerprint density at radius 3 is 2.76 bits per heavy atom. The van der Waals surface area contributed by atoms with Gasteiger partial charge >= 0.3 is 0 Å². The zero-order chi connectivity index (χ0) is 12.4. The molecule has 0 unspecified atom stereocenters. The van der Waals surface area contributed by atoms with Gasteiger partial charge in [-0.15, -0.1) is 0 Å². The van der Waals surface area contributed by atoms with E-state index in [1.54, 1.807) is 0 Å². The molecule has 1 saturated carbocycles. The molecular formula is C12H10N2O3. The molecule has 17 heavy (non-hydrogen) atoms. The van der Waals surface area contributed by atoms with Gasteiger partial charge in [-0.3, -0.25) is 14.9 Å². The van der Waals surface area contributed by atoms with Crippen LogP contribution in [0, 0.1) is 22.6 Å². The third-order valence-corrected chi connectivity index (χ3v) is 2.83. The van der Waals surface area contributed by atoms with Crippen LogP contribution in [0.2, 0.25) is 0 Å². The number of nitro benzene ring substituents is 1. The second kappa shape index (κ2) is 4.34. The summed E-state index contributed by atoms with van der Waals surface area (Å²) in [6, 6.07) is 4.32. The molecule has 0 spiro atoms. The van der Waals surface area contributed by atoms with E-state index >= 15 is 0 Å². The van der Waals surface area contributed by atoms with Crippen LogP contribution >= 0.6 is 0 Å². The van der Waals surface area contributed by atoms with Crippen LogP contribution < -0.4 is 0 Å². The Morgan fingerprint density at radius 1 is 1.53 bits per heavy atom. The Morgan fingerprint density at radius 2 is 2.24 bits per heavy atom. The summed E-state index contributed by atoms with van der Waals surface area (Å²) in [5.41, 5.74) is 0.324. The molecule has 1 aliphatic carbocycles. The molecule has 0 aliphatic heterocycles. The summed E-state index contributed by atoms with van der Waals surface area (Å²) in [7, 11) is 0. The number of Topliss-reactive ketones (excluding diaryl/α,β-unsaturated/α-hetero) is 1. The highest BCUT2D eigenvalue weighted by Crippen LogP contribution is 2.35. The fourth-order valence-electron chi connectivity index (χ4n) is 1.74. The number of rotatable bonds is 4. The maximum atomic E-state index is 11.7. The van der Waals surface area contributed by atoms with Gasteiger partial charge in [0.25, 0.3) is 5.69 Å². The van der Waals surface area contributed by atoms with Gasteiger partial charge < -0.3 is 0 Å². The van der Waals surface area contributed by atoms with Crippen LogP contribution in [0.4, 0.5) is 11.4 Å². The Bertz CT molecular complexity index is 527. The van der Waals surface area contributed by atoms with Crippen molar-refractivity contribution < 1.29 is 9.72 Å². The minimum atomic E-state index is -0.538. The molecule has 86 valence electrons. The van der Waals surface area contributed by atoms with Gasteiger partial charge in [0.15, 0.2) is 5.69 Å². The van der Waals surface area contributed by atoms with E-state index in [-0.39, 0.29) is 35.1 Å². The molecule has 0 aromatic heterocycles. The fourth-order valence-corrected chi connectivity index (χ4v) is 1.74. The Hall–Kier alpha value is -2.22. The van der Waals surface area contributed by atoms with Crippen LogP contribution in [-0.2, 0) is 11.2 Å². The van der Waals surface area contributed by atoms with Crippen molar-refractivity contribution in [1.82, 2.24) is 0 Å². The maximum absolute atomic E-state index is 11.7. The van der Waals surface area contributed by atoms with E-state index < -0.39 is 4.92 Å². The first-order chi connectivity index (χ1) is 8.13. The average molecular weight is 230 g/mol. The van der Waals surface area contributed by atoms with E-state index in [9.17, 15) is 14.9 Å². The summed E-state index contributed by atoms with van der Waals surface area (Å²) in [5.74, 6) is 0.0533. The molecule has 0 saturated heterocycles. The van der Waals surface area contributed by atoms with Gasteiger partial charge in [-0.1, -0.05) is 12.1 Å². The van der Waals surface area contributed by atoms with Crippen molar-refractivity contribution in [3.63, 3.8) is 0 Å². The summed E-state index contributed by atoms with van der Waals surface area (Å²) < 4.78 is 0. The van der Waals surface area contributed by atoms with Crippen LogP contribution in [0.5, 0.6) is 0 Å². The van der Waals surface area contributed by atoms with Crippen molar-refractivity contribution in [3.05, 3.63) is 45.3 Å². The molecule has 5 heteroatoms. The largest absolute Gasteiger partial charge is 0.299 e. The monoisotopic (exact) mass is 230 g/mol. The van der Waals surface area contributed by atoms with Crippen LogP contribution in [0.25, 0.3) is 4.85 Å². The number of nitro groups is 1. The maximum Gasteiger partial charge on any atom is 0.262 e. The lowest BCUT2D eigenvalue weighted by Gasteiger charge is -2.04. The smallest absolute Gasteiger partial charge is 0.262 e. The van der Waals surface area contributed by atoms with E-state index in [1.165, 1.54) is 18.2 Å². The molecule has 0 atom stereocenters. The molecule has 1 aromatic rings. The van der Waals surface area contributed by atoms with E-state index in [4.69, 9.17) is 6.57 Å². The van der Waals surface area contributed by atoms with Gasteiger partial charge in [-0.2, -0.15) is 0 Å². The quantitative estimate of drug-likeness (QED) is 0.453. The second-order valence-corrected chi connectivity index (χ2v) is 4.06. The van der Waals surface area contributed by atoms with Crippen molar-refractivity contribution in [2.24, 2.45) is 5.92 Å². The first-order valence-electron chi connectivity index (χ1n) is 5.30. The molecule has 0 heterocycles. The van der Waals surface area contributed by atoms with Gasteiger partial charge in [0.2, 0.25) is 0 Å². The number of hydrogen-bond donors (Lipinski definition) is 0. The van der Waals surface area contributed by atoms with Crippen molar-refractivity contribution in [1.29, 1.82) is 0 Å². The summed E-state index contributed by atoms with van der Waals surface area (Å²) >= 11 is 0. The molecule has 1 fully saturated rings. The highest BCUT2D eigenvalue weighted by Gasteiger charge is 2.31. The van der Waals surface area contributed by atoms with Crippen molar-refractivity contribution in [2.45, 2.75) is 19.3 Å². The lowest BCUT2D eigenvalue weighted by atomic mass is 10.0. The highest BCUT2D eigenvalue weighted by molar-refractivity contribution is 5.87. The van der Waals surface area contributed by atoms with E-state index in [0.717, 1.165) is 12.8 Å². The topological polar surface area (TPSA) is 64.6 Å². The Labute approximate surface area is 98.0 Å². The lowest BCUT2D eigenvalue weighted by Crippen LogP contribution is -2.07. The Kier molecular flexibility index (Phi) is 2.88. The van der Waals surface area contributed by atoms with Crippen LogP contribution in [-0.4, -0.2) is 10.7 Å². The molecular weight excluding hydrogens is 220 g/mol. The van der Waals surface area contributed by atoms with Crippen molar-refractivity contribution in [2.75, 3.05) is 0 Å². The van der Waals surface area contributed by atoms with Gasteiger partial charge in [-0.25, -0.2) is 4.85 Å². The predicted octanol–water partition coefficient (Wildman–Crippen LogP) is 2.67. The number of nitrogens with zero attached hydrogens (tertiary/aromatic N) is 2. The molecule has 1 aromatic carbocycles. The summed E-state index contributed by atoms with van der Waals surface area (Å²) in [6.07, 6.45) is 1.74. The average Bonchev–Trinajstić information content (AvgIpc) is 3.12. The predicted molar refractivity (Wildman–Crippen MR) is 60.8 cm³/mol. The van der Waals surface area contributed by atoms with Gasteiger partial charge in [0.1, 0.15) is 5.78 Å². The zero-order valence-electron chi connectivity index (χ0n) is 9.05. The second-order valence-electron chi connectivity index (χ2n) is 4.06. The van der Waals surface area contributed by atoms with Gasteiger partial charge in [0.05, 0.1) is 11.5 Å². The van der Waals surface area contributed by atoms with Crippen LogP contribution in [0.1, 0.15) is 18.4 Å². The van der Waals surface area contributed by atoms with Gasteiger partial charge in [0, 0.05) is 24.0 Å². The molecule has 1 aliphatic rings. The zero-order valence-corrected chi connectivity index (χ0v) is 9.05. The molecule has 0 radical (unpaired) electrons. The third-order valence-electron chi connectivity index (χ3n) is 2.83. The lowest BCUT2D eigenvalue weighted by molar-refractivity contribution is -0.385. The number of benzene rings is 1. The fraction of sp³-hybridized carbons (Fsp3) is 0.333. The number of carbonyl (C=O) groups is 1. The minimum Gasteiger partial charge on any atom is -0.299 e. The SMILES string of the molecule is [C-]#[N+]c1cccc([N+](=O)[O-])c1CC(=O)C1CC1. The molecule has 5 nitrogen and oxygen atoms in total. The Balaban J connectivity index is 2.38. The normalized spacial score (nSPS) is 14.1. The van der Waals surface area contributed by atoms with Crippen molar-refractivity contribution >= 4 is 17.2 Å². The first-order valence-corrected chi connectivity index (χ1v) is 5.30. The van der Waals surface area contributed by atoms with Crippen LogP contribution in [0.3, 0.4) is 0 Å². The minimum absolute atomic E-state index is 0.000463. The van der Waals surface area contributed by atoms with E-state index in [1.807, 2.05) is 0 Å². The third kappa shape index (κ3) is 2.31. The molecule has 0 bridgehead atoms. The molecule has 2 rings (SSSR count). The summed E-state index contributed by atoms with van der Waals surface area (Å²) in [6.45, 7) is 6.98. The van der Waals surface area contributed by atoms with Gasteiger partial charge in [-0.05, 0) is 12.8 Å². The number of ketones is 1. The summed E-state index contributed by atoms with van der Waals surface area (Å²) in [5, 5.41) is 10.8. The number of carbonyl (C=O) groups excluding carboxylic acids is 1. The standard InChI is InChI=1S/C12H10N2O3/c1-13-10-3-2-4-11(14(16)17)9(10)7-12(15)8-5-6-8/h2-4,8H,5-7H2. The molecule has 0 N–H and O–H groups in total. The van der Waals surface area contributed by atoms with Crippen LogP contribution in [0.15, 0.2) is 18.2 Å².